The maximum absolute atomic E-state index is 12.6. The minimum Gasteiger partial charge on any atom is -0.507 e. The number of aliphatic hydroxyl groups is 5. The van der Waals surface area contributed by atoms with Gasteiger partial charge in [0.25, 0.3) is 0 Å². The monoisotopic (exact) mass is 961 g/mol. The number of esters is 3. The highest BCUT2D eigenvalue weighted by Crippen LogP contribution is 2.45. The molecule has 10 unspecified atom stereocenters. The third kappa shape index (κ3) is 11.6. The summed E-state index contributed by atoms with van der Waals surface area (Å²) in [6, 6.07) is 8.42. The number of hydrogen-bond donors (Lipinski definition) is 13. The maximum atomic E-state index is 12.6. The molecule has 6 rings (SSSR count). The molecule has 13 N–H and O–H groups in total. The highest BCUT2D eigenvalue weighted by atomic mass is 16.7. The average molecular weight is 962 g/mol. The summed E-state index contributed by atoms with van der Waals surface area (Å²) in [5.74, 6) is -12.7. The molecule has 1 aromatic heterocycles. The molecule has 2 saturated heterocycles. The van der Waals surface area contributed by atoms with Gasteiger partial charge in [-0.25, -0.2) is 9.21 Å². The lowest BCUT2D eigenvalue weighted by molar-refractivity contribution is -0.282. The first kappa shape index (κ1) is 49.7. The lowest BCUT2D eigenvalue weighted by Gasteiger charge is -2.41. The van der Waals surface area contributed by atoms with Crippen molar-refractivity contribution in [3.05, 3.63) is 60.2 Å². The van der Waals surface area contributed by atoms with Gasteiger partial charge < -0.3 is 99.5 Å². The van der Waals surface area contributed by atoms with Crippen molar-refractivity contribution in [1.29, 1.82) is 0 Å². The Labute approximate surface area is 379 Å². The molecule has 10 atom stereocenters. The van der Waals surface area contributed by atoms with Crippen LogP contribution in [0.5, 0.6) is 46.0 Å². The largest absolute Gasteiger partial charge is 0.507 e. The first-order chi connectivity index (χ1) is 32.1. The van der Waals surface area contributed by atoms with Crippen LogP contribution in [0.2, 0.25) is 0 Å². The summed E-state index contributed by atoms with van der Waals surface area (Å²) in [7, 11) is 0. The van der Waals surface area contributed by atoms with Gasteiger partial charge in [0, 0.05) is 30.3 Å². The number of carboxylic acid groups (broad SMARTS) is 2. The molecule has 0 saturated carbocycles. The summed E-state index contributed by atoms with van der Waals surface area (Å²) in [6.07, 6.45) is -20.1. The predicted octanol–water partition coefficient (Wildman–Crippen LogP) is -0.713. The molecule has 2 aliphatic rings. The lowest BCUT2D eigenvalue weighted by atomic mass is 9.98. The van der Waals surface area contributed by atoms with Crippen LogP contribution in [0.1, 0.15) is 18.4 Å². The number of phenols is 6. The fourth-order valence-electron chi connectivity index (χ4n) is 6.66. The van der Waals surface area contributed by atoms with Crippen LogP contribution in [0, 0.1) is 0 Å². The molecular formula is C42H41O26+. The van der Waals surface area contributed by atoms with Crippen molar-refractivity contribution in [1.82, 2.24) is 0 Å². The van der Waals surface area contributed by atoms with Gasteiger partial charge in [0.15, 0.2) is 34.9 Å². The number of rotatable bonds is 16. The number of carbonyl (C=O) groups excluding carboxylic acids is 3. The summed E-state index contributed by atoms with van der Waals surface area (Å²) < 4.78 is 44.3. The zero-order chi connectivity index (χ0) is 49.7. The normalized spacial score (nSPS) is 24.8. The summed E-state index contributed by atoms with van der Waals surface area (Å²) in [6.45, 7) is -1.73. The lowest BCUT2D eigenvalue weighted by Crippen LogP contribution is -2.61. The summed E-state index contributed by atoms with van der Waals surface area (Å²) in [4.78, 5) is 59.1. The van der Waals surface area contributed by atoms with E-state index in [2.05, 4.69) is 0 Å². The molecule has 0 bridgehead atoms. The SMILES string of the molecule is O=C(O)CC(=O)OCC1OC(Oc2cc(O)cc3[o+]c(-c4cc(O)c(O)c(O)c4)c(OC4OC(COC(=O)C=Cc5ccc(O)c(O)c5)C(O)C(O)C4O)cc23)C(O)C(O)C1OC(=O)CC(=O)O. The number of aliphatic carboxylic acids is 2. The molecule has 0 aliphatic carbocycles. The van der Waals surface area contributed by atoms with E-state index in [1.807, 2.05) is 0 Å². The van der Waals surface area contributed by atoms with Gasteiger partial charge in [0.2, 0.25) is 18.3 Å². The minimum atomic E-state index is -2.20. The molecular weight excluding hydrogens is 920 g/mol. The number of benzene rings is 3. The van der Waals surface area contributed by atoms with Crippen molar-refractivity contribution in [2.24, 2.45) is 0 Å². The smallest absolute Gasteiger partial charge is 0.402 e. The Hall–Kier alpha value is -7.72. The van der Waals surface area contributed by atoms with Gasteiger partial charge in [-0.15, -0.1) is 0 Å². The first-order valence-corrected chi connectivity index (χ1v) is 19.7. The van der Waals surface area contributed by atoms with E-state index in [-0.39, 0.29) is 22.1 Å². The number of hydrogen-bond acceptors (Lipinski definition) is 23. The van der Waals surface area contributed by atoms with Crippen LogP contribution in [0.4, 0.5) is 0 Å². The van der Waals surface area contributed by atoms with Gasteiger partial charge >= 0.3 is 41.2 Å². The second kappa shape index (κ2) is 20.8. The van der Waals surface area contributed by atoms with E-state index in [9.17, 15) is 80.1 Å². The Kier molecular flexibility index (Phi) is 15.2. The van der Waals surface area contributed by atoms with E-state index in [4.69, 9.17) is 47.8 Å². The van der Waals surface area contributed by atoms with Gasteiger partial charge in [-0.05, 0) is 23.8 Å². The van der Waals surface area contributed by atoms with Crippen molar-refractivity contribution in [2.45, 2.75) is 74.3 Å². The van der Waals surface area contributed by atoms with Crippen LogP contribution >= 0.6 is 0 Å². The van der Waals surface area contributed by atoms with Gasteiger partial charge in [0.1, 0.15) is 85.7 Å². The fraction of sp³-hybridized carbons (Fsp3) is 0.333. The van der Waals surface area contributed by atoms with Crippen molar-refractivity contribution in [3.8, 4) is 57.3 Å². The fourth-order valence-corrected chi connectivity index (χ4v) is 6.66. The average Bonchev–Trinajstić information content (AvgIpc) is 3.26. The van der Waals surface area contributed by atoms with Gasteiger partial charge in [-0.2, -0.15) is 0 Å². The van der Waals surface area contributed by atoms with Crippen LogP contribution in [0.15, 0.2) is 59.0 Å². The third-order valence-corrected chi connectivity index (χ3v) is 10.00. The van der Waals surface area contributed by atoms with Crippen molar-refractivity contribution in [3.63, 3.8) is 0 Å². The Morgan fingerprint density at radius 1 is 0.618 bits per heavy atom. The van der Waals surface area contributed by atoms with E-state index < -0.39 is 169 Å². The zero-order valence-electron chi connectivity index (χ0n) is 34.5. The Morgan fingerprint density at radius 3 is 1.87 bits per heavy atom. The van der Waals surface area contributed by atoms with E-state index >= 15 is 0 Å². The van der Waals surface area contributed by atoms with Crippen molar-refractivity contribution in [2.75, 3.05) is 13.2 Å². The minimum absolute atomic E-state index is 0.233. The molecule has 0 spiro atoms. The second-order valence-corrected chi connectivity index (χ2v) is 14.9. The van der Waals surface area contributed by atoms with Gasteiger partial charge in [-0.1, -0.05) is 6.07 Å². The molecule has 364 valence electrons. The van der Waals surface area contributed by atoms with Crippen molar-refractivity contribution >= 4 is 46.9 Å². The molecule has 2 fully saturated rings. The summed E-state index contributed by atoms with van der Waals surface area (Å²) >= 11 is 0. The maximum Gasteiger partial charge on any atom is 0.402 e. The number of aliphatic hydroxyl groups excluding tert-OH is 5. The Balaban J connectivity index is 1.33. The van der Waals surface area contributed by atoms with Crippen LogP contribution < -0.4 is 9.47 Å². The Bertz CT molecular complexity index is 2570. The third-order valence-electron chi connectivity index (χ3n) is 10.00. The van der Waals surface area contributed by atoms with Crippen LogP contribution in [-0.2, 0) is 47.7 Å². The topological polar surface area (TPSA) is 424 Å². The van der Waals surface area contributed by atoms with Crippen LogP contribution in [0.3, 0.4) is 0 Å². The quantitative estimate of drug-likeness (QED) is 0.0165. The molecule has 26 nitrogen and oxygen atoms in total. The number of fused-ring (bicyclic) bond motifs is 1. The number of phenolic OH excluding ortho intramolecular Hbond substituents is 6. The molecule has 2 aliphatic heterocycles. The highest BCUT2D eigenvalue weighted by molar-refractivity contribution is 5.91. The van der Waals surface area contributed by atoms with E-state index in [0.717, 1.165) is 48.5 Å². The summed E-state index contributed by atoms with van der Waals surface area (Å²) in [5.41, 5.74) is -0.314. The molecule has 68 heavy (non-hydrogen) atoms. The molecule has 26 heteroatoms. The molecule has 3 aromatic carbocycles. The van der Waals surface area contributed by atoms with Crippen LogP contribution in [-0.4, -0.2) is 171 Å². The predicted molar refractivity (Wildman–Crippen MR) is 216 cm³/mol. The summed E-state index contributed by atoms with van der Waals surface area (Å²) in [5, 5.41) is 133. The zero-order valence-corrected chi connectivity index (χ0v) is 34.5. The van der Waals surface area contributed by atoms with E-state index in [0.29, 0.717) is 0 Å². The molecule has 3 heterocycles. The number of aromatic hydroxyl groups is 6. The van der Waals surface area contributed by atoms with Gasteiger partial charge in [0.05, 0.1) is 11.6 Å². The number of carbonyl (C=O) groups is 5. The standard InChI is InChI=1S/C42H40O26/c43-17-8-23-18(24(9-17)64-42-38(60)36(58)40(68-32(54)12-29(50)51)27(67-42)14-62-31(53)11-28(48)49)10-25(39(63-23)16-6-21(46)33(55)22(47)7-16)65-41-37(59)35(57)34(56)26(66-41)13-61-30(52)4-2-15-1-3-19(44)20(45)5-15/h1-10,26-27,34-38,40-42,56-60H,11-14H2,(H7-,43,44,45,46,47,48,49,50,51,52,55)/p+1. The van der Waals surface area contributed by atoms with Gasteiger partial charge in [-0.3, -0.25) is 19.2 Å². The number of carboxylic acids is 2. The van der Waals surface area contributed by atoms with E-state index in [1.54, 1.807) is 0 Å². The van der Waals surface area contributed by atoms with Crippen molar-refractivity contribution < 1.29 is 128 Å². The van der Waals surface area contributed by atoms with E-state index in [1.165, 1.54) is 12.1 Å². The van der Waals surface area contributed by atoms with Crippen LogP contribution in [0.25, 0.3) is 28.4 Å². The molecule has 0 radical (unpaired) electrons. The molecule has 4 aromatic rings. The number of ether oxygens (including phenoxy) is 7. The Morgan fingerprint density at radius 2 is 1.22 bits per heavy atom. The first-order valence-electron chi connectivity index (χ1n) is 19.7. The second-order valence-electron chi connectivity index (χ2n) is 14.9. The molecule has 0 amide bonds. The highest BCUT2D eigenvalue weighted by Gasteiger charge is 2.50.